The Kier molecular flexibility index (Phi) is 5.22. The van der Waals surface area contributed by atoms with Crippen molar-refractivity contribution in [3.05, 3.63) is 51.8 Å². The van der Waals surface area contributed by atoms with E-state index in [1.54, 1.807) is 0 Å². The van der Waals surface area contributed by atoms with Gasteiger partial charge in [0.15, 0.2) is 0 Å². The topological polar surface area (TPSA) is 17.8 Å². The minimum Gasteiger partial charge on any atom is -0.272 e. The summed E-state index contributed by atoms with van der Waals surface area (Å²) in [5.41, 5.74) is 3.76. The van der Waals surface area contributed by atoms with Crippen LogP contribution in [0.25, 0.3) is 0 Å². The molecule has 2 rings (SSSR count). The van der Waals surface area contributed by atoms with Crippen LogP contribution in [-0.2, 0) is 19.9 Å². The van der Waals surface area contributed by atoms with Crippen LogP contribution in [0.1, 0.15) is 17.0 Å². The average molecular weight is 386 g/mol. The molecule has 0 saturated heterocycles. The number of hydrogen-bond acceptors (Lipinski definition) is 1. The van der Waals surface area contributed by atoms with Gasteiger partial charge in [0.25, 0.3) is 0 Å². The highest BCUT2D eigenvalue weighted by Gasteiger charge is 2.13. The molecule has 0 fully saturated rings. The lowest BCUT2D eigenvalue weighted by Crippen LogP contribution is -2.13. The van der Waals surface area contributed by atoms with Gasteiger partial charge in [0.2, 0.25) is 0 Å². The zero-order valence-electron chi connectivity index (χ0n) is 11.2. The molecule has 2 aromatic rings. The summed E-state index contributed by atoms with van der Waals surface area (Å²) < 4.78 is 3.19. The van der Waals surface area contributed by atoms with E-state index in [0.29, 0.717) is 5.92 Å². The van der Waals surface area contributed by atoms with Crippen LogP contribution in [-0.4, -0.2) is 15.1 Å². The van der Waals surface area contributed by atoms with Crippen molar-refractivity contribution in [2.75, 3.05) is 5.33 Å². The number of aryl methyl sites for hydroxylation is 2. The van der Waals surface area contributed by atoms with Gasteiger partial charge in [-0.1, -0.05) is 50.1 Å². The third-order valence-corrected chi connectivity index (χ3v) is 4.97. The van der Waals surface area contributed by atoms with Gasteiger partial charge in [0.1, 0.15) is 0 Å². The van der Waals surface area contributed by atoms with Gasteiger partial charge in [-0.2, -0.15) is 5.10 Å². The minimum atomic E-state index is 0.577. The van der Waals surface area contributed by atoms with Crippen molar-refractivity contribution >= 4 is 31.9 Å². The predicted octanol–water partition coefficient (Wildman–Crippen LogP) is 4.29. The summed E-state index contributed by atoms with van der Waals surface area (Å²) in [5, 5.41) is 5.41. The standard InChI is InChI=1S/C15H18Br2N2/c1-11-7-14(19(2)18-11)9-12(10-16)8-13-5-3-4-6-15(13)17/h3-7,12H,8-10H2,1-2H3. The zero-order valence-corrected chi connectivity index (χ0v) is 14.4. The molecule has 0 aliphatic rings. The van der Waals surface area contributed by atoms with Gasteiger partial charge in [0, 0.05) is 22.5 Å². The number of halogens is 2. The monoisotopic (exact) mass is 384 g/mol. The molecule has 102 valence electrons. The highest BCUT2D eigenvalue weighted by atomic mass is 79.9. The summed E-state index contributed by atoms with van der Waals surface area (Å²) in [6.07, 6.45) is 2.11. The molecule has 1 atom stereocenters. The molecular weight excluding hydrogens is 368 g/mol. The van der Waals surface area contributed by atoms with Crippen LogP contribution in [0.15, 0.2) is 34.8 Å². The van der Waals surface area contributed by atoms with Crippen LogP contribution < -0.4 is 0 Å². The summed E-state index contributed by atoms with van der Waals surface area (Å²) >= 11 is 7.27. The summed E-state index contributed by atoms with van der Waals surface area (Å²) in [5.74, 6) is 0.577. The van der Waals surface area contributed by atoms with Crippen molar-refractivity contribution in [3.63, 3.8) is 0 Å². The molecule has 0 bridgehead atoms. The number of nitrogens with zero attached hydrogens (tertiary/aromatic N) is 2. The van der Waals surface area contributed by atoms with Gasteiger partial charge in [-0.15, -0.1) is 0 Å². The number of alkyl halides is 1. The average Bonchev–Trinajstić information content (AvgIpc) is 2.69. The van der Waals surface area contributed by atoms with Crippen molar-refractivity contribution in [2.24, 2.45) is 13.0 Å². The fourth-order valence-corrected chi connectivity index (χ4v) is 3.21. The molecule has 1 heterocycles. The van der Waals surface area contributed by atoms with Gasteiger partial charge in [0.05, 0.1) is 5.69 Å². The first-order chi connectivity index (χ1) is 9.10. The molecule has 1 aromatic carbocycles. The van der Waals surface area contributed by atoms with Crippen LogP contribution in [0, 0.1) is 12.8 Å². The van der Waals surface area contributed by atoms with E-state index in [1.807, 2.05) is 18.7 Å². The van der Waals surface area contributed by atoms with E-state index < -0.39 is 0 Å². The van der Waals surface area contributed by atoms with E-state index in [9.17, 15) is 0 Å². The van der Waals surface area contributed by atoms with Crippen LogP contribution in [0.4, 0.5) is 0 Å². The summed E-state index contributed by atoms with van der Waals surface area (Å²) in [6.45, 7) is 2.04. The summed E-state index contributed by atoms with van der Waals surface area (Å²) in [6, 6.07) is 10.6. The highest BCUT2D eigenvalue weighted by molar-refractivity contribution is 9.10. The lowest BCUT2D eigenvalue weighted by atomic mass is 9.96. The van der Waals surface area contributed by atoms with Gasteiger partial charge >= 0.3 is 0 Å². The van der Waals surface area contributed by atoms with Gasteiger partial charge in [-0.25, -0.2) is 0 Å². The van der Waals surface area contributed by atoms with E-state index >= 15 is 0 Å². The van der Waals surface area contributed by atoms with E-state index in [0.717, 1.165) is 23.9 Å². The lowest BCUT2D eigenvalue weighted by Gasteiger charge is -2.15. The molecule has 0 amide bonds. The molecule has 0 spiro atoms. The molecule has 4 heteroatoms. The Hall–Kier alpha value is -0.610. The fraction of sp³-hybridized carbons (Fsp3) is 0.400. The molecule has 0 saturated carbocycles. The second kappa shape index (κ2) is 6.71. The minimum absolute atomic E-state index is 0.577. The van der Waals surface area contributed by atoms with E-state index in [-0.39, 0.29) is 0 Å². The zero-order chi connectivity index (χ0) is 13.8. The molecule has 1 unspecified atom stereocenters. The molecule has 2 nitrogen and oxygen atoms in total. The molecule has 1 aromatic heterocycles. The normalized spacial score (nSPS) is 12.6. The first kappa shape index (κ1) is 14.8. The van der Waals surface area contributed by atoms with Crippen LogP contribution in [0.3, 0.4) is 0 Å². The maximum atomic E-state index is 4.42. The second-order valence-electron chi connectivity index (χ2n) is 4.92. The van der Waals surface area contributed by atoms with Crippen LogP contribution in [0.2, 0.25) is 0 Å². The maximum absolute atomic E-state index is 4.42. The van der Waals surface area contributed by atoms with Crippen LogP contribution in [0.5, 0.6) is 0 Å². The first-order valence-corrected chi connectivity index (χ1v) is 8.30. The van der Waals surface area contributed by atoms with Crippen LogP contribution >= 0.6 is 31.9 Å². The Balaban J connectivity index is 2.09. The second-order valence-corrected chi connectivity index (χ2v) is 6.42. The van der Waals surface area contributed by atoms with Crippen molar-refractivity contribution in [1.29, 1.82) is 0 Å². The highest BCUT2D eigenvalue weighted by Crippen LogP contribution is 2.22. The number of hydrogen-bond donors (Lipinski definition) is 0. The van der Waals surface area contributed by atoms with Gasteiger partial charge < -0.3 is 0 Å². The molecule has 19 heavy (non-hydrogen) atoms. The Bertz CT molecular complexity index is 549. The van der Waals surface area contributed by atoms with Gasteiger partial charge in [-0.05, 0) is 43.4 Å². The van der Waals surface area contributed by atoms with Gasteiger partial charge in [-0.3, -0.25) is 4.68 Å². The molecule has 0 N–H and O–H groups in total. The fourth-order valence-electron chi connectivity index (χ4n) is 2.31. The quantitative estimate of drug-likeness (QED) is 0.702. The third-order valence-electron chi connectivity index (χ3n) is 3.28. The third kappa shape index (κ3) is 3.93. The summed E-state index contributed by atoms with van der Waals surface area (Å²) in [7, 11) is 2.02. The van der Waals surface area contributed by atoms with E-state index in [4.69, 9.17) is 0 Å². The molecule has 0 aliphatic carbocycles. The Labute approximate surface area is 131 Å². The van der Waals surface area contributed by atoms with Crippen molar-refractivity contribution < 1.29 is 0 Å². The number of rotatable bonds is 5. The smallest absolute Gasteiger partial charge is 0.0596 e. The Morgan fingerprint density at radius 3 is 2.58 bits per heavy atom. The Morgan fingerprint density at radius 1 is 1.26 bits per heavy atom. The largest absolute Gasteiger partial charge is 0.272 e. The van der Waals surface area contributed by atoms with Crippen molar-refractivity contribution in [2.45, 2.75) is 19.8 Å². The van der Waals surface area contributed by atoms with Crippen molar-refractivity contribution in [3.8, 4) is 0 Å². The SMILES string of the molecule is Cc1cc(CC(CBr)Cc2ccccc2Br)n(C)n1. The Morgan fingerprint density at radius 2 is 2.00 bits per heavy atom. The lowest BCUT2D eigenvalue weighted by molar-refractivity contribution is 0.556. The molecule has 0 aliphatic heterocycles. The maximum Gasteiger partial charge on any atom is 0.0596 e. The van der Waals surface area contributed by atoms with Crippen molar-refractivity contribution in [1.82, 2.24) is 9.78 Å². The first-order valence-electron chi connectivity index (χ1n) is 6.39. The summed E-state index contributed by atoms with van der Waals surface area (Å²) in [4.78, 5) is 0. The molecular formula is C15H18Br2N2. The van der Waals surface area contributed by atoms with E-state index in [2.05, 4.69) is 67.3 Å². The predicted molar refractivity (Wildman–Crippen MR) is 86.8 cm³/mol. The molecule has 0 radical (unpaired) electrons. The number of benzene rings is 1. The number of aromatic nitrogens is 2. The van der Waals surface area contributed by atoms with E-state index in [1.165, 1.54) is 15.7 Å².